The van der Waals surface area contributed by atoms with Crippen molar-refractivity contribution in [3.63, 3.8) is 0 Å². The molecule has 3 nitrogen and oxygen atoms in total. The van der Waals surface area contributed by atoms with Crippen molar-refractivity contribution in [3.05, 3.63) is 12.2 Å². The second-order valence-corrected chi connectivity index (χ2v) is 6.76. The molecule has 0 aliphatic heterocycles. The molecule has 0 radical (unpaired) electrons. The van der Waals surface area contributed by atoms with Gasteiger partial charge in [-0.15, -0.1) is 8.58 Å². The third-order valence-electron chi connectivity index (χ3n) is 2.36. The first-order chi connectivity index (χ1) is 7.95. The number of rotatable bonds is 9. The van der Waals surface area contributed by atoms with E-state index in [1.807, 2.05) is 6.92 Å². The number of amides is 1. The van der Waals surface area contributed by atoms with Crippen LogP contribution in [0, 0.1) is 0 Å². The van der Waals surface area contributed by atoms with E-state index in [9.17, 15) is 4.79 Å². The topological polar surface area (TPSA) is 29.1 Å². The number of unbranched alkanes of at least 4 members (excludes halogenated alkanes) is 1. The fraction of sp³-hybridized carbons (Fsp3) is 0.769. The molecule has 0 aromatic heterocycles. The predicted octanol–water partition coefficient (Wildman–Crippen LogP) is 1.84. The Morgan fingerprint density at radius 3 is 2.53 bits per heavy atom. The first-order valence-corrected chi connectivity index (χ1v) is 7.79. The number of allylic oxidation sites excluding steroid dienone is 1. The maximum Gasteiger partial charge on any atom is 0.243 e. The molecular formula is C13H28N2OP+. The summed E-state index contributed by atoms with van der Waals surface area (Å²) < 4.78 is 1.06. The lowest BCUT2D eigenvalue weighted by atomic mass is 10.3. The summed E-state index contributed by atoms with van der Waals surface area (Å²) in [6.45, 7) is 3.92. The molecule has 1 atom stereocenters. The van der Waals surface area contributed by atoms with Crippen molar-refractivity contribution >= 4 is 14.5 Å². The zero-order chi connectivity index (χ0) is 13.1. The molecule has 1 N–H and O–H groups in total. The predicted molar refractivity (Wildman–Crippen MR) is 78.0 cm³/mol. The second kappa shape index (κ2) is 9.61. The van der Waals surface area contributed by atoms with Gasteiger partial charge < -0.3 is 9.80 Å². The SMILES string of the molecule is CC=CC(=O)NCCCCPCC[N+](C)(C)C. The van der Waals surface area contributed by atoms with E-state index in [0.717, 1.165) is 26.0 Å². The Balaban J connectivity index is 3.22. The van der Waals surface area contributed by atoms with Gasteiger partial charge in [-0.1, -0.05) is 6.08 Å². The third kappa shape index (κ3) is 13.5. The van der Waals surface area contributed by atoms with Crippen LogP contribution in [0.5, 0.6) is 0 Å². The average molecular weight is 259 g/mol. The van der Waals surface area contributed by atoms with Crippen LogP contribution in [0.15, 0.2) is 12.2 Å². The number of quaternary nitrogens is 1. The lowest BCUT2D eigenvalue weighted by molar-refractivity contribution is -0.867. The summed E-state index contributed by atoms with van der Waals surface area (Å²) in [7, 11) is 7.78. The standard InChI is InChI=1S/C13H27N2OP/c1-5-8-13(16)14-9-6-7-11-17-12-10-15(2,3)4/h5,8,17H,6-7,9-12H2,1-4H3/p+1. The van der Waals surface area contributed by atoms with Crippen LogP contribution in [0.4, 0.5) is 0 Å². The molecule has 0 heterocycles. The molecule has 0 aliphatic rings. The van der Waals surface area contributed by atoms with Crippen LogP contribution in [-0.4, -0.2) is 56.9 Å². The largest absolute Gasteiger partial charge is 0.353 e. The lowest BCUT2D eigenvalue weighted by Gasteiger charge is -2.23. The van der Waals surface area contributed by atoms with Gasteiger partial charge in [-0.2, -0.15) is 0 Å². The molecule has 0 aromatic rings. The van der Waals surface area contributed by atoms with Crippen LogP contribution < -0.4 is 5.32 Å². The Morgan fingerprint density at radius 1 is 1.24 bits per heavy atom. The van der Waals surface area contributed by atoms with Crippen molar-refractivity contribution in [2.45, 2.75) is 19.8 Å². The summed E-state index contributed by atoms with van der Waals surface area (Å²) in [5.74, 6) is 0.0278. The Hall–Kier alpha value is -0.400. The summed E-state index contributed by atoms with van der Waals surface area (Å²) >= 11 is 0. The maximum atomic E-state index is 11.1. The minimum atomic E-state index is 0.0278. The highest BCUT2D eigenvalue weighted by Gasteiger charge is 2.04. The van der Waals surface area contributed by atoms with Crippen LogP contribution in [-0.2, 0) is 4.79 Å². The summed E-state index contributed by atoms with van der Waals surface area (Å²) in [5, 5.41) is 2.87. The molecule has 1 unspecified atom stereocenters. The van der Waals surface area contributed by atoms with E-state index in [0.29, 0.717) is 0 Å². The molecule has 0 rings (SSSR count). The molecule has 0 saturated carbocycles. The van der Waals surface area contributed by atoms with E-state index in [1.165, 1.54) is 25.3 Å². The van der Waals surface area contributed by atoms with Gasteiger partial charge in [0, 0.05) is 12.7 Å². The molecule has 0 spiro atoms. The van der Waals surface area contributed by atoms with E-state index < -0.39 is 0 Å². The molecule has 1 amide bonds. The number of hydrogen-bond donors (Lipinski definition) is 1. The molecule has 0 aromatic carbocycles. The van der Waals surface area contributed by atoms with Crippen molar-refractivity contribution in [1.82, 2.24) is 5.32 Å². The van der Waals surface area contributed by atoms with E-state index in [2.05, 4.69) is 26.5 Å². The summed E-state index contributed by atoms with van der Waals surface area (Å²) in [6, 6.07) is 0. The first-order valence-electron chi connectivity index (χ1n) is 6.37. The highest BCUT2D eigenvalue weighted by molar-refractivity contribution is 7.37. The zero-order valence-electron chi connectivity index (χ0n) is 11.8. The van der Waals surface area contributed by atoms with E-state index >= 15 is 0 Å². The number of hydrogen-bond acceptors (Lipinski definition) is 1. The molecule has 0 bridgehead atoms. The van der Waals surface area contributed by atoms with Gasteiger partial charge >= 0.3 is 0 Å². The number of carbonyl (C=O) groups is 1. The Kier molecular flexibility index (Phi) is 9.39. The van der Waals surface area contributed by atoms with E-state index in [1.54, 1.807) is 12.2 Å². The Bertz CT molecular complexity index is 234. The fourth-order valence-corrected chi connectivity index (χ4v) is 2.92. The second-order valence-electron chi connectivity index (χ2n) is 5.26. The number of nitrogens with one attached hydrogen (secondary N) is 1. The summed E-state index contributed by atoms with van der Waals surface area (Å²) in [5.41, 5.74) is 0. The van der Waals surface area contributed by atoms with E-state index in [4.69, 9.17) is 0 Å². The van der Waals surface area contributed by atoms with E-state index in [-0.39, 0.29) is 5.91 Å². The third-order valence-corrected chi connectivity index (χ3v) is 3.64. The quantitative estimate of drug-likeness (QED) is 0.291. The van der Waals surface area contributed by atoms with Gasteiger partial charge in [-0.05, 0) is 32.0 Å². The normalized spacial score (nSPS) is 12.7. The Morgan fingerprint density at radius 2 is 1.94 bits per heavy atom. The van der Waals surface area contributed by atoms with Gasteiger partial charge in [0.05, 0.1) is 27.7 Å². The van der Waals surface area contributed by atoms with Crippen molar-refractivity contribution in [2.75, 3.05) is 46.6 Å². The van der Waals surface area contributed by atoms with Gasteiger partial charge in [0.1, 0.15) is 0 Å². The van der Waals surface area contributed by atoms with Gasteiger partial charge in [-0.25, -0.2) is 0 Å². The van der Waals surface area contributed by atoms with Gasteiger partial charge in [0.15, 0.2) is 0 Å². The minimum absolute atomic E-state index is 0.0278. The summed E-state index contributed by atoms with van der Waals surface area (Å²) in [4.78, 5) is 11.1. The highest BCUT2D eigenvalue weighted by Crippen LogP contribution is 2.13. The molecule has 0 fully saturated rings. The van der Waals surface area contributed by atoms with Crippen molar-refractivity contribution < 1.29 is 9.28 Å². The first kappa shape index (κ1) is 16.6. The lowest BCUT2D eigenvalue weighted by Crippen LogP contribution is -2.36. The Labute approximate surface area is 108 Å². The zero-order valence-corrected chi connectivity index (χ0v) is 12.8. The van der Waals surface area contributed by atoms with Crippen LogP contribution >= 0.6 is 8.58 Å². The maximum absolute atomic E-state index is 11.1. The molecule has 4 heteroatoms. The molecule has 0 saturated heterocycles. The van der Waals surface area contributed by atoms with Gasteiger partial charge in [0.2, 0.25) is 5.91 Å². The highest BCUT2D eigenvalue weighted by atomic mass is 31.1. The average Bonchev–Trinajstić information content (AvgIpc) is 2.21. The van der Waals surface area contributed by atoms with Crippen molar-refractivity contribution in [3.8, 4) is 0 Å². The van der Waals surface area contributed by atoms with Crippen LogP contribution in [0.1, 0.15) is 19.8 Å². The minimum Gasteiger partial charge on any atom is -0.353 e. The number of carbonyl (C=O) groups excluding carboxylic acids is 1. The number of nitrogens with zero attached hydrogens (tertiary/aromatic N) is 1. The van der Waals surface area contributed by atoms with Crippen LogP contribution in [0.2, 0.25) is 0 Å². The molecule has 0 aliphatic carbocycles. The fourth-order valence-electron chi connectivity index (χ4n) is 1.34. The molecular weight excluding hydrogens is 231 g/mol. The van der Waals surface area contributed by atoms with Crippen molar-refractivity contribution in [1.29, 1.82) is 0 Å². The van der Waals surface area contributed by atoms with Gasteiger partial charge in [0.25, 0.3) is 0 Å². The van der Waals surface area contributed by atoms with Crippen LogP contribution in [0.3, 0.4) is 0 Å². The summed E-state index contributed by atoms with van der Waals surface area (Å²) in [6.07, 6.45) is 8.30. The van der Waals surface area contributed by atoms with Crippen LogP contribution in [0.25, 0.3) is 0 Å². The monoisotopic (exact) mass is 259 g/mol. The molecule has 17 heavy (non-hydrogen) atoms. The van der Waals surface area contributed by atoms with Crippen molar-refractivity contribution in [2.24, 2.45) is 0 Å². The smallest absolute Gasteiger partial charge is 0.243 e. The van der Waals surface area contributed by atoms with Gasteiger partial charge in [-0.3, -0.25) is 4.79 Å². The molecule has 100 valence electrons.